The quantitative estimate of drug-likeness (QED) is 0.687. The minimum absolute atomic E-state index is 0.0441. The Balaban J connectivity index is 1.65. The van der Waals surface area contributed by atoms with Gasteiger partial charge < -0.3 is 9.80 Å². The van der Waals surface area contributed by atoms with Crippen molar-refractivity contribution in [2.75, 3.05) is 33.2 Å². The molecule has 0 saturated carbocycles. The molecule has 3 aromatic rings. The molecule has 0 spiro atoms. The predicted molar refractivity (Wildman–Crippen MR) is 106 cm³/mol. The topological polar surface area (TPSA) is 71.3 Å². The summed E-state index contributed by atoms with van der Waals surface area (Å²) in [6, 6.07) is 9.77. The Morgan fingerprint density at radius 2 is 1.85 bits per heavy atom. The van der Waals surface area contributed by atoms with Crippen molar-refractivity contribution < 1.29 is 4.79 Å². The third-order valence-electron chi connectivity index (χ3n) is 4.83. The number of rotatable bonds is 3. The van der Waals surface area contributed by atoms with E-state index in [9.17, 15) is 9.59 Å². The van der Waals surface area contributed by atoms with Crippen LogP contribution in [0.2, 0.25) is 0 Å². The fourth-order valence-corrected chi connectivity index (χ4v) is 4.20. The number of aromatic nitrogens is 3. The van der Waals surface area contributed by atoms with Gasteiger partial charge in [-0.25, -0.2) is 9.67 Å². The van der Waals surface area contributed by atoms with E-state index in [-0.39, 0.29) is 18.0 Å². The van der Waals surface area contributed by atoms with E-state index in [2.05, 4.69) is 15.0 Å². The Morgan fingerprint density at radius 3 is 2.56 bits per heavy atom. The molecule has 1 aliphatic heterocycles. The van der Waals surface area contributed by atoms with Gasteiger partial charge in [0, 0.05) is 31.7 Å². The maximum atomic E-state index is 12.9. The first-order valence-corrected chi connectivity index (χ1v) is 9.74. The fourth-order valence-electron chi connectivity index (χ4n) is 3.20. The van der Waals surface area contributed by atoms with E-state index in [0.29, 0.717) is 18.6 Å². The summed E-state index contributed by atoms with van der Waals surface area (Å²) in [6.45, 7) is 4.86. The highest BCUT2D eigenvalue weighted by molar-refractivity contribution is 7.21. The highest BCUT2D eigenvalue weighted by atomic mass is 32.1. The predicted octanol–water partition coefficient (Wildman–Crippen LogP) is 1.60. The number of piperazine rings is 1. The number of benzene rings is 1. The summed E-state index contributed by atoms with van der Waals surface area (Å²) in [4.78, 5) is 34.0. The van der Waals surface area contributed by atoms with Crippen LogP contribution in [0.4, 0.5) is 0 Å². The molecule has 3 heterocycles. The van der Waals surface area contributed by atoms with E-state index in [0.717, 1.165) is 34.1 Å². The maximum Gasteiger partial charge on any atom is 0.294 e. The van der Waals surface area contributed by atoms with Crippen LogP contribution in [0.15, 0.2) is 35.1 Å². The molecule has 0 radical (unpaired) electrons. The third-order valence-corrected chi connectivity index (χ3v) is 6.04. The maximum absolute atomic E-state index is 12.9. The Hall–Kier alpha value is -2.58. The van der Waals surface area contributed by atoms with Crippen LogP contribution >= 0.6 is 11.3 Å². The Bertz CT molecular complexity index is 1040. The highest BCUT2D eigenvalue weighted by Gasteiger charge is 2.21. The van der Waals surface area contributed by atoms with Gasteiger partial charge in [0.25, 0.3) is 5.56 Å². The van der Waals surface area contributed by atoms with Crippen LogP contribution in [0.3, 0.4) is 0 Å². The molecule has 7 nitrogen and oxygen atoms in total. The average Bonchev–Trinajstić information content (AvgIpc) is 3.13. The lowest BCUT2D eigenvalue weighted by Gasteiger charge is -2.32. The Morgan fingerprint density at radius 1 is 1.15 bits per heavy atom. The molecular weight excluding hydrogens is 362 g/mol. The van der Waals surface area contributed by atoms with Crippen molar-refractivity contribution in [1.82, 2.24) is 24.6 Å². The van der Waals surface area contributed by atoms with Gasteiger partial charge in [0.1, 0.15) is 11.6 Å². The second-order valence-electron chi connectivity index (χ2n) is 6.80. The molecule has 2 aromatic heterocycles. The molecule has 4 rings (SSSR count). The molecule has 27 heavy (non-hydrogen) atoms. The molecule has 140 valence electrons. The number of carbonyl (C=O) groups excluding carboxylic acids is 1. The number of likely N-dealkylation sites (N-methyl/N-ethyl adjacent to an activating group) is 1. The van der Waals surface area contributed by atoms with Crippen LogP contribution in [-0.2, 0) is 11.3 Å². The van der Waals surface area contributed by atoms with E-state index in [1.807, 2.05) is 44.3 Å². The van der Waals surface area contributed by atoms with Gasteiger partial charge in [0.15, 0.2) is 5.52 Å². The summed E-state index contributed by atoms with van der Waals surface area (Å²) in [5, 5.41) is 5.16. The van der Waals surface area contributed by atoms with Crippen LogP contribution in [-0.4, -0.2) is 63.7 Å². The van der Waals surface area contributed by atoms with Crippen molar-refractivity contribution in [1.29, 1.82) is 0 Å². The first-order valence-electron chi connectivity index (χ1n) is 8.93. The zero-order valence-corrected chi connectivity index (χ0v) is 16.2. The number of fused-ring (bicyclic) bond motifs is 1. The van der Waals surface area contributed by atoms with E-state index < -0.39 is 0 Å². The lowest BCUT2D eigenvalue weighted by Crippen LogP contribution is -2.48. The molecular formula is C19H21N5O2S. The van der Waals surface area contributed by atoms with Gasteiger partial charge >= 0.3 is 0 Å². The normalized spacial score (nSPS) is 15.4. The van der Waals surface area contributed by atoms with Crippen molar-refractivity contribution in [3.8, 4) is 10.6 Å². The molecule has 0 unspecified atom stereocenters. The molecule has 1 saturated heterocycles. The van der Waals surface area contributed by atoms with E-state index in [1.54, 1.807) is 4.90 Å². The summed E-state index contributed by atoms with van der Waals surface area (Å²) in [6.07, 6.45) is 0. The number of hydrogen-bond donors (Lipinski definition) is 0. The van der Waals surface area contributed by atoms with E-state index in [1.165, 1.54) is 16.0 Å². The number of carbonyl (C=O) groups is 1. The number of thiazole rings is 1. The molecule has 8 heteroatoms. The number of nitrogens with zero attached hydrogens (tertiary/aromatic N) is 5. The minimum Gasteiger partial charge on any atom is -0.339 e. The van der Waals surface area contributed by atoms with Gasteiger partial charge in [-0.3, -0.25) is 9.59 Å². The van der Waals surface area contributed by atoms with Crippen LogP contribution in [0.25, 0.3) is 20.8 Å². The molecule has 1 aromatic carbocycles. The first-order chi connectivity index (χ1) is 13.0. The molecule has 1 amide bonds. The minimum atomic E-state index is -0.309. The van der Waals surface area contributed by atoms with E-state index in [4.69, 9.17) is 0 Å². The molecule has 0 bridgehead atoms. The van der Waals surface area contributed by atoms with Crippen LogP contribution in [0, 0.1) is 6.92 Å². The Labute approximate surface area is 160 Å². The fraction of sp³-hybridized carbons (Fsp3) is 0.368. The summed E-state index contributed by atoms with van der Waals surface area (Å²) < 4.78 is 2.04. The number of amides is 1. The molecule has 0 atom stereocenters. The molecule has 0 aliphatic carbocycles. The van der Waals surface area contributed by atoms with Gasteiger partial charge in [-0.15, -0.1) is 11.3 Å². The van der Waals surface area contributed by atoms with Crippen molar-refractivity contribution >= 4 is 27.5 Å². The Kier molecular flexibility index (Phi) is 4.75. The van der Waals surface area contributed by atoms with Crippen molar-refractivity contribution in [3.63, 3.8) is 0 Å². The first kappa shape index (κ1) is 17.8. The summed E-state index contributed by atoms with van der Waals surface area (Å²) in [5.74, 6) is -0.0741. The molecule has 1 aliphatic rings. The zero-order valence-electron chi connectivity index (χ0n) is 15.4. The van der Waals surface area contributed by atoms with E-state index >= 15 is 0 Å². The second-order valence-corrected chi connectivity index (χ2v) is 7.79. The summed E-state index contributed by atoms with van der Waals surface area (Å²) in [7, 11) is 2.04. The van der Waals surface area contributed by atoms with Crippen molar-refractivity contribution in [2.24, 2.45) is 0 Å². The average molecular weight is 383 g/mol. The van der Waals surface area contributed by atoms with Gasteiger partial charge in [-0.2, -0.15) is 5.10 Å². The highest BCUT2D eigenvalue weighted by Crippen LogP contribution is 2.29. The van der Waals surface area contributed by atoms with Crippen molar-refractivity contribution in [3.05, 3.63) is 46.4 Å². The summed E-state index contributed by atoms with van der Waals surface area (Å²) in [5.41, 5.74) is 1.77. The SMILES string of the molecule is Cc1nn(CC(=O)N2CCN(C)CC2)c(=O)c2nc(-c3ccccc3)sc12. The lowest BCUT2D eigenvalue weighted by molar-refractivity contribution is -0.133. The zero-order chi connectivity index (χ0) is 19.0. The van der Waals surface area contributed by atoms with Gasteiger partial charge in [0.2, 0.25) is 5.91 Å². The monoisotopic (exact) mass is 383 g/mol. The van der Waals surface area contributed by atoms with Crippen molar-refractivity contribution in [2.45, 2.75) is 13.5 Å². The molecule has 0 N–H and O–H groups in total. The van der Waals surface area contributed by atoms with Gasteiger partial charge in [0.05, 0.1) is 10.4 Å². The van der Waals surface area contributed by atoms with Crippen LogP contribution in [0.1, 0.15) is 5.69 Å². The molecule has 1 fully saturated rings. The number of aryl methyl sites for hydroxylation is 1. The number of hydrogen-bond acceptors (Lipinski definition) is 6. The van der Waals surface area contributed by atoms with Crippen LogP contribution < -0.4 is 5.56 Å². The van der Waals surface area contributed by atoms with Gasteiger partial charge in [-0.05, 0) is 14.0 Å². The van der Waals surface area contributed by atoms with Crippen LogP contribution in [0.5, 0.6) is 0 Å². The standard InChI is InChI=1S/C19H21N5O2S/c1-13-17-16(20-18(27-17)14-6-4-3-5-7-14)19(26)24(21-13)12-15(25)23-10-8-22(2)9-11-23/h3-7H,8-12H2,1-2H3. The van der Waals surface area contributed by atoms with Gasteiger partial charge in [-0.1, -0.05) is 30.3 Å². The largest absolute Gasteiger partial charge is 0.339 e. The third kappa shape index (κ3) is 3.50. The smallest absolute Gasteiger partial charge is 0.294 e. The second kappa shape index (κ2) is 7.21. The lowest BCUT2D eigenvalue weighted by atomic mass is 10.2. The summed E-state index contributed by atoms with van der Waals surface area (Å²) >= 11 is 1.46.